The van der Waals surface area contributed by atoms with Crippen molar-refractivity contribution >= 4 is 11.9 Å². The Morgan fingerprint density at radius 2 is 2.08 bits per heavy atom. The number of imide groups is 1. The molecule has 0 bridgehead atoms. The predicted molar refractivity (Wildman–Crippen MR) is 94.4 cm³/mol. The van der Waals surface area contributed by atoms with E-state index in [1.54, 1.807) is 7.11 Å². The minimum atomic E-state index is -0.498. The molecule has 26 heavy (non-hydrogen) atoms. The smallest absolute Gasteiger partial charge is 0.321 e. The third-order valence-electron chi connectivity index (χ3n) is 4.51. The van der Waals surface area contributed by atoms with Crippen molar-refractivity contribution in [1.82, 2.24) is 15.5 Å². The molecule has 1 saturated heterocycles. The average molecular weight is 363 g/mol. The fourth-order valence-electron chi connectivity index (χ4n) is 3.32. The van der Waals surface area contributed by atoms with Crippen LogP contribution in [0.15, 0.2) is 18.2 Å². The van der Waals surface area contributed by atoms with Crippen molar-refractivity contribution in [2.24, 2.45) is 0 Å². The van der Waals surface area contributed by atoms with Crippen LogP contribution in [-0.2, 0) is 9.53 Å². The number of hydrogen-bond donors (Lipinski definition) is 2. The Morgan fingerprint density at radius 3 is 2.88 bits per heavy atom. The minimum Gasteiger partial charge on any atom is -0.486 e. The summed E-state index contributed by atoms with van der Waals surface area (Å²) in [6.45, 7) is 2.87. The van der Waals surface area contributed by atoms with E-state index < -0.39 is 6.03 Å². The van der Waals surface area contributed by atoms with Gasteiger partial charge in [-0.25, -0.2) is 4.79 Å². The Morgan fingerprint density at radius 1 is 1.27 bits per heavy atom. The number of likely N-dealkylation sites (tertiary alicyclic amines) is 1. The molecule has 0 spiro atoms. The first-order chi connectivity index (χ1) is 12.7. The first-order valence-corrected chi connectivity index (χ1v) is 8.87. The van der Waals surface area contributed by atoms with Crippen molar-refractivity contribution in [2.75, 3.05) is 46.6 Å². The Balaban J connectivity index is 1.56. The fourth-order valence-corrected chi connectivity index (χ4v) is 3.32. The summed E-state index contributed by atoms with van der Waals surface area (Å²) in [5.74, 6) is 1.20. The predicted octanol–water partition coefficient (Wildman–Crippen LogP) is 1.07. The number of methoxy groups -OCH3 is 1. The highest BCUT2D eigenvalue weighted by Crippen LogP contribution is 2.37. The van der Waals surface area contributed by atoms with Crippen LogP contribution in [0.25, 0.3) is 0 Å². The maximum absolute atomic E-state index is 12.2. The normalized spacial score (nSPS) is 19.2. The lowest BCUT2D eigenvalue weighted by molar-refractivity contribution is -0.121. The van der Waals surface area contributed by atoms with Crippen LogP contribution in [0.5, 0.6) is 11.5 Å². The van der Waals surface area contributed by atoms with Gasteiger partial charge in [0.05, 0.1) is 13.2 Å². The summed E-state index contributed by atoms with van der Waals surface area (Å²) in [5, 5.41) is 4.93. The lowest BCUT2D eigenvalue weighted by Gasteiger charge is -2.26. The van der Waals surface area contributed by atoms with E-state index in [1.165, 1.54) is 0 Å². The highest BCUT2D eigenvalue weighted by atomic mass is 16.6. The summed E-state index contributed by atoms with van der Waals surface area (Å²) in [5.41, 5.74) is 1.10. The molecule has 8 nitrogen and oxygen atoms in total. The molecule has 2 aliphatic heterocycles. The maximum Gasteiger partial charge on any atom is 0.321 e. The molecule has 0 radical (unpaired) electrons. The van der Waals surface area contributed by atoms with Crippen molar-refractivity contribution in [2.45, 2.75) is 18.9 Å². The molecule has 3 amide bonds. The van der Waals surface area contributed by atoms with Crippen molar-refractivity contribution in [3.8, 4) is 11.5 Å². The Labute approximate surface area is 152 Å². The van der Waals surface area contributed by atoms with Crippen LogP contribution < -0.4 is 20.1 Å². The second-order valence-electron chi connectivity index (χ2n) is 6.33. The zero-order chi connectivity index (χ0) is 18.4. The number of nitrogens with zero attached hydrogens (tertiary/aromatic N) is 1. The van der Waals surface area contributed by atoms with Crippen LogP contribution in [0, 0.1) is 0 Å². The number of carbonyl (C=O) groups is 2. The molecule has 0 aliphatic carbocycles. The van der Waals surface area contributed by atoms with Crippen LogP contribution in [-0.4, -0.2) is 63.4 Å². The van der Waals surface area contributed by atoms with E-state index in [2.05, 4.69) is 15.5 Å². The number of amides is 3. The van der Waals surface area contributed by atoms with E-state index in [1.807, 2.05) is 18.2 Å². The van der Waals surface area contributed by atoms with E-state index in [-0.39, 0.29) is 18.5 Å². The lowest BCUT2D eigenvalue weighted by Crippen LogP contribution is -2.45. The minimum absolute atomic E-state index is 0.133. The zero-order valence-corrected chi connectivity index (χ0v) is 15.0. The molecule has 0 saturated carbocycles. The van der Waals surface area contributed by atoms with Gasteiger partial charge in [-0.05, 0) is 37.1 Å². The first-order valence-electron chi connectivity index (χ1n) is 8.87. The highest BCUT2D eigenvalue weighted by Gasteiger charge is 2.29. The molecule has 1 aromatic carbocycles. The zero-order valence-electron chi connectivity index (χ0n) is 15.0. The first kappa shape index (κ1) is 18.5. The molecule has 8 heteroatoms. The van der Waals surface area contributed by atoms with Crippen LogP contribution >= 0.6 is 0 Å². The number of benzene rings is 1. The van der Waals surface area contributed by atoms with Gasteiger partial charge in [0.15, 0.2) is 11.5 Å². The number of hydrogen-bond acceptors (Lipinski definition) is 6. The van der Waals surface area contributed by atoms with Gasteiger partial charge in [0, 0.05) is 19.7 Å². The van der Waals surface area contributed by atoms with Crippen molar-refractivity contribution in [3.05, 3.63) is 23.8 Å². The van der Waals surface area contributed by atoms with Crippen LogP contribution in [0.4, 0.5) is 4.79 Å². The quantitative estimate of drug-likeness (QED) is 0.735. The SMILES string of the molecule is COCCNC(=O)NC(=O)CN1CCCC1c1ccc2c(c1)OCCO2. The Bertz CT molecular complexity index is 652. The number of fused-ring (bicyclic) bond motifs is 1. The highest BCUT2D eigenvalue weighted by molar-refractivity contribution is 5.95. The summed E-state index contributed by atoms with van der Waals surface area (Å²) in [6, 6.07) is 5.57. The summed E-state index contributed by atoms with van der Waals surface area (Å²) < 4.78 is 16.1. The van der Waals surface area contributed by atoms with Gasteiger partial charge >= 0.3 is 6.03 Å². The molecule has 2 heterocycles. The number of nitrogens with one attached hydrogen (secondary N) is 2. The molecule has 2 aliphatic rings. The van der Waals surface area contributed by atoms with E-state index in [0.29, 0.717) is 26.4 Å². The van der Waals surface area contributed by atoms with E-state index in [0.717, 1.165) is 36.4 Å². The van der Waals surface area contributed by atoms with Gasteiger partial charge in [-0.1, -0.05) is 6.07 Å². The van der Waals surface area contributed by atoms with Gasteiger partial charge in [-0.3, -0.25) is 15.0 Å². The number of urea groups is 1. The van der Waals surface area contributed by atoms with Gasteiger partial charge in [0.25, 0.3) is 0 Å². The van der Waals surface area contributed by atoms with E-state index in [9.17, 15) is 9.59 Å². The van der Waals surface area contributed by atoms with Gasteiger partial charge < -0.3 is 19.5 Å². The Kier molecular flexibility index (Phi) is 6.30. The van der Waals surface area contributed by atoms with Gasteiger partial charge in [-0.15, -0.1) is 0 Å². The Hall–Kier alpha value is -2.32. The molecular formula is C18H25N3O5. The van der Waals surface area contributed by atoms with Crippen molar-refractivity contribution < 1.29 is 23.8 Å². The number of rotatable bonds is 6. The largest absolute Gasteiger partial charge is 0.486 e. The molecule has 1 aromatic rings. The van der Waals surface area contributed by atoms with E-state index in [4.69, 9.17) is 14.2 Å². The molecule has 2 N–H and O–H groups in total. The summed E-state index contributed by atoms with van der Waals surface area (Å²) >= 11 is 0. The molecule has 1 atom stereocenters. The molecule has 1 fully saturated rings. The van der Waals surface area contributed by atoms with Gasteiger partial charge in [0.1, 0.15) is 13.2 Å². The van der Waals surface area contributed by atoms with Crippen LogP contribution in [0.2, 0.25) is 0 Å². The van der Waals surface area contributed by atoms with E-state index >= 15 is 0 Å². The van der Waals surface area contributed by atoms with Gasteiger partial charge in [-0.2, -0.15) is 0 Å². The third kappa shape index (κ3) is 4.64. The molecule has 3 rings (SSSR count). The van der Waals surface area contributed by atoms with Crippen LogP contribution in [0.3, 0.4) is 0 Å². The number of carbonyl (C=O) groups excluding carboxylic acids is 2. The van der Waals surface area contributed by atoms with Crippen molar-refractivity contribution in [3.63, 3.8) is 0 Å². The second-order valence-corrected chi connectivity index (χ2v) is 6.33. The molecule has 142 valence electrons. The molecular weight excluding hydrogens is 338 g/mol. The average Bonchev–Trinajstić information content (AvgIpc) is 3.09. The summed E-state index contributed by atoms with van der Waals surface area (Å²) in [7, 11) is 1.55. The third-order valence-corrected chi connectivity index (χ3v) is 4.51. The molecule has 0 aromatic heterocycles. The second kappa shape index (κ2) is 8.86. The summed E-state index contributed by atoms with van der Waals surface area (Å²) in [6.07, 6.45) is 1.97. The summed E-state index contributed by atoms with van der Waals surface area (Å²) in [4.78, 5) is 25.9. The van der Waals surface area contributed by atoms with Crippen molar-refractivity contribution in [1.29, 1.82) is 0 Å². The molecule has 1 unspecified atom stereocenters. The monoisotopic (exact) mass is 363 g/mol. The van der Waals surface area contributed by atoms with Crippen LogP contribution in [0.1, 0.15) is 24.4 Å². The number of ether oxygens (including phenoxy) is 3. The lowest BCUT2D eigenvalue weighted by atomic mass is 10.0. The topological polar surface area (TPSA) is 89.1 Å². The van der Waals surface area contributed by atoms with Gasteiger partial charge in [0.2, 0.25) is 5.91 Å². The standard InChI is InChI=1S/C18H25N3O5/c1-24-8-6-19-18(23)20-17(22)12-21-7-2-3-14(21)13-4-5-15-16(11-13)26-10-9-25-15/h4-5,11,14H,2-3,6-10,12H2,1H3,(H2,19,20,22,23). The fraction of sp³-hybridized carbons (Fsp3) is 0.556. The maximum atomic E-state index is 12.2.